The van der Waals surface area contributed by atoms with Gasteiger partial charge >= 0.3 is 0 Å². The van der Waals surface area contributed by atoms with Crippen molar-refractivity contribution in [3.05, 3.63) is 108 Å². The minimum Gasteiger partial charge on any atom is -0.396 e. The Labute approximate surface area is 188 Å². The first-order chi connectivity index (χ1) is 15.7. The molecule has 2 N–H and O–H groups in total. The van der Waals surface area contributed by atoms with Crippen LogP contribution in [0.15, 0.2) is 91.3 Å². The number of nitrogen functional groups attached to an aromatic ring is 1. The second-order valence-electron chi connectivity index (χ2n) is 9.28. The van der Waals surface area contributed by atoms with Gasteiger partial charge in [0.2, 0.25) is 0 Å². The Morgan fingerprint density at radius 3 is 2.47 bits per heavy atom. The lowest BCUT2D eigenvalue weighted by atomic mass is 9.71. The van der Waals surface area contributed by atoms with E-state index in [-0.39, 0.29) is 6.04 Å². The summed E-state index contributed by atoms with van der Waals surface area (Å²) in [6.07, 6.45) is 5.99. The van der Waals surface area contributed by atoms with Gasteiger partial charge in [-0.1, -0.05) is 85.8 Å². The molecule has 1 aromatic heterocycles. The van der Waals surface area contributed by atoms with E-state index in [9.17, 15) is 0 Å². The van der Waals surface area contributed by atoms with Crippen LogP contribution in [-0.2, 0) is 6.42 Å². The van der Waals surface area contributed by atoms with Crippen molar-refractivity contribution in [1.82, 2.24) is 9.78 Å². The summed E-state index contributed by atoms with van der Waals surface area (Å²) in [6.45, 7) is 2.38. The Balaban J connectivity index is 1.63. The fourth-order valence-electron chi connectivity index (χ4n) is 5.79. The highest BCUT2D eigenvalue weighted by Crippen LogP contribution is 2.47. The highest BCUT2D eigenvalue weighted by Gasteiger charge is 2.34. The van der Waals surface area contributed by atoms with Crippen molar-refractivity contribution in [1.29, 1.82) is 0 Å². The summed E-state index contributed by atoms with van der Waals surface area (Å²) in [7, 11) is 0. The van der Waals surface area contributed by atoms with Gasteiger partial charge in [0.25, 0.3) is 0 Å². The Morgan fingerprint density at radius 2 is 1.66 bits per heavy atom. The predicted octanol–water partition coefficient (Wildman–Crippen LogP) is 6.73. The van der Waals surface area contributed by atoms with E-state index in [1.165, 1.54) is 38.2 Å². The van der Waals surface area contributed by atoms with Crippen LogP contribution in [0.3, 0.4) is 0 Å². The van der Waals surface area contributed by atoms with E-state index >= 15 is 0 Å². The molecule has 6 rings (SSSR count). The summed E-state index contributed by atoms with van der Waals surface area (Å²) < 4.78 is 2.08. The molecular formula is C29H27N3. The fraction of sp³-hybridized carbons (Fsp3) is 0.207. The van der Waals surface area contributed by atoms with Crippen LogP contribution in [0, 0.1) is 5.92 Å². The highest BCUT2D eigenvalue weighted by molar-refractivity contribution is 6.09. The summed E-state index contributed by atoms with van der Waals surface area (Å²) in [5.74, 6) is 0.935. The molecule has 0 fully saturated rings. The van der Waals surface area contributed by atoms with Crippen molar-refractivity contribution in [3.8, 4) is 0 Å². The molecule has 4 aromatic carbocycles. The quantitative estimate of drug-likeness (QED) is 0.331. The molecule has 0 aliphatic heterocycles. The molecule has 1 aliphatic rings. The molecule has 3 heteroatoms. The molecule has 3 atom stereocenters. The van der Waals surface area contributed by atoms with Crippen LogP contribution in [0.2, 0.25) is 0 Å². The number of hydrogen-bond acceptors (Lipinski definition) is 2. The Bertz CT molecular complexity index is 1420. The molecule has 3 unspecified atom stereocenters. The molecular weight excluding hydrogens is 390 g/mol. The normalized spacial score (nSPS) is 19.2. The van der Waals surface area contributed by atoms with Crippen LogP contribution >= 0.6 is 0 Å². The van der Waals surface area contributed by atoms with Gasteiger partial charge in [0, 0.05) is 12.1 Å². The summed E-state index contributed by atoms with van der Waals surface area (Å²) in [5.41, 5.74) is 11.0. The lowest BCUT2D eigenvalue weighted by molar-refractivity contribution is 0.345. The summed E-state index contributed by atoms with van der Waals surface area (Å²) >= 11 is 0. The second-order valence-corrected chi connectivity index (χ2v) is 9.28. The molecule has 0 amide bonds. The number of nitrogens with two attached hydrogens (primary N) is 1. The number of hydrogen-bond donors (Lipinski definition) is 1. The largest absolute Gasteiger partial charge is 0.396 e. The van der Waals surface area contributed by atoms with E-state index in [1.807, 2.05) is 6.20 Å². The van der Waals surface area contributed by atoms with Gasteiger partial charge in [-0.05, 0) is 57.0 Å². The van der Waals surface area contributed by atoms with Gasteiger partial charge < -0.3 is 5.73 Å². The zero-order valence-electron chi connectivity index (χ0n) is 18.3. The topological polar surface area (TPSA) is 43.8 Å². The lowest BCUT2D eigenvalue weighted by Crippen LogP contribution is -2.27. The summed E-state index contributed by atoms with van der Waals surface area (Å²) in [5, 5.41) is 10.0. The van der Waals surface area contributed by atoms with Gasteiger partial charge in [-0.15, -0.1) is 0 Å². The molecule has 1 heterocycles. The molecule has 1 aliphatic carbocycles. The third kappa shape index (κ3) is 3.08. The molecule has 5 aromatic rings. The van der Waals surface area contributed by atoms with Crippen LogP contribution < -0.4 is 5.73 Å². The van der Waals surface area contributed by atoms with E-state index in [0.29, 0.717) is 17.5 Å². The van der Waals surface area contributed by atoms with Crippen molar-refractivity contribution < 1.29 is 0 Å². The molecule has 0 spiro atoms. The smallest absolute Gasteiger partial charge is 0.0838 e. The molecule has 3 nitrogen and oxygen atoms in total. The van der Waals surface area contributed by atoms with E-state index in [1.54, 1.807) is 6.20 Å². The predicted molar refractivity (Wildman–Crippen MR) is 133 cm³/mol. The zero-order chi connectivity index (χ0) is 21.7. The number of fused-ring (bicyclic) bond motifs is 5. The Morgan fingerprint density at radius 1 is 0.875 bits per heavy atom. The van der Waals surface area contributed by atoms with Crippen LogP contribution in [-0.4, -0.2) is 9.78 Å². The number of anilines is 1. The van der Waals surface area contributed by atoms with Gasteiger partial charge in [0.15, 0.2) is 0 Å². The average Bonchev–Trinajstić information content (AvgIpc) is 3.24. The van der Waals surface area contributed by atoms with Crippen LogP contribution in [0.1, 0.15) is 42.0 Å². The monoisotopic (exact) mass is 417 g/mol. The van der Waals surface area contributed by atoms with Gasteiger partial charge in [-0.25, -0.2) is 0 Å². The third-order valence-electron chi connectivity index (χ3n) is 7.08. The van der Waals surface area contributed by atoms with E-state index < -0.39 is 0 Å². The maximum atomic E-state index is 6.12. The van der Waals surface area contributed by atoms with Crippen molar-refractivity contribution in [3.63, 3.8) is 0 Å². The number of nitrogens with zero attached hydrogens (tertiary/aromatic N) is 2. The van der Waals surface area contributed by atoms with Crippen LogP contribution in [0.4, 0.5) is 5.69 Å². The lowest BCUT2D eigenvalue weighted by Gasteiger charge is -2.37. The van der Waals surface area contributed by atoms with Gasteiger partial charge in [-0.3, -0.25) is 4.68 Å². The van der Waals surface area contributed by atoms with Crippen molar-refractivity contribution in [2.45, 2.75) is 31.7 Å². The number of aromatic nitrogens is 2. The van der Waals surface area contributed by atoms with Crippen molar-refractivity contribution in [2.24, 2.45) is 5.92 Å². The molecule has 0 radical (unpaired) electrons. The Hall–Kier alpha value is -3.59. The van der Waals surface area contributed by atoms with E-state index in [0.717, 1.165) is 12.8 Å². The maximum Gasteiger partial charge on any atom is 0.0838 e. The summed E-state index contributed by atoms with van der Waals surface area (Å²) in [4.78, 5) is 0. The average molecular weight is 418 g/mol. The summed E-state index contributed by atoms with van der Waals surface area (Å²) in [6, 6.07) is 28.9. The zero-order valence-corrected chi connectivity index (χ0v) is 18.3. The van der Waals surface area contributed by atoms with Gasteiger partial charge in [0.1, 0.15) is 0 Å². The van der Waals surface area contributed by atoms with Crippen LogP contribution in [0.5, 0.6) is 0 Å². The van der Waals surface area contributed by atoms with E-state index in [2.05, 4.69) is 95.6 Å². The minimum atomic E-state index is 0.104. The van der Waals surface area contributed by atoms with E-state index in [4.69, 9.17) is 5.73 Å². The number of benzene rings is 4. The minimum absolute atomic E-state index is 0.104. The first-order valence-electron chi connectivity index (χ1n) is 11.5. The van der Waals surface area contributed by atoms with Crippen LogP contribution in [0.25, 0.3) is 21.5 Å². The second kappa shape index (κ2) is 7.52. The highest BCUT2D eigenvalue weighted by atomic mass is 15.3. The number of rotatable bonds is 3. The van der Waals surface area contributed by atoms with Crippen molar-refractivity contribution in [2.75, 3.05) is 5.73 Å². The SMILES string of the molecule is CC1Cc2ccc3c(ccc4ccccc43)c2C(C(c2ccccc2)n2cc(N)cn2)C1. The van der Waals surface area contributed by atoms with Crippen molar-refractivity contribution >= 4 is 27.2 Å². The molecule has 0 bridgehead atoms. The molecule has 0 saturated heterocycles. The molecule has 0 saturated carbocycles. The Kier molecular flexibility index (Phi) is 4.50. The maximum absolute atomic E-state index is 6.12. The first-order valence-corrected chi connectivity index (χ1v) is 11.5. The fourth-order valence-corrected chi connectivity index (χ4v) is 5.79. The van der Waals surface area contributed by atoms with Gasteiger partial charge in [-0.2, -0.15) is 5.10 Å². The molecule has 158 valence electrons. The standard InChI is InChI=1S/C29H27N3/c1-19-15-22-12-13-25-24-10-6-5-7-20(24)11-14-26(25)28(22)27(16-19)29(21-8-3-2-4-9-21)32-18-23(30)17-31-32/h2-14,17-19,27,29H,15-16,30H2,1H3. The first kappa shape index (κ1) is 19.1. The molecule has 32 heavy (non-hydrogen) atoms. The third-order valence-corrected chi connectivity index (χ3v) is 7.08. The van der Waals surface area contributed by atoms with Gasteiger partial charge in [0.05, 0.1) is 17.9 Å².